The Hall–Kier alpha value is -2.07. The molecule has 19 heavy (non-hydrogen) atoms. The Kier molecular flexibility index (Phi) is 3.09. The molecule has 4 heteroatoms. The number of aromatic hydroxyl groups is 1. The van der Waals surface area contributed by atoms with Gasteiger partial charge in [-0.3, -0.25) is 0 Å². The van der Waals surface area contributed by atoms with Crippen LogP contribution in [-0.4, -0.2) is 10.1 Å². The zero-order chi connectivity index (χ0) is 13.2. The first kappa shape index (κ1) is 12.0. The van der Waals surface area contributed by atoms with Gasteiger partial charge in [0, 0.05) is 11.1 Å². The topological polar surface area (TPSA) is 46.3 Å². The molecule has 2 aromatic carbocycles. The lowest BCUT2D eigenvalue weighted by Crippen LogP contribution is -1.74. The van der Waals surface area contributed by atoms with E-state index in [1.165, 1.54) is 0 Å². The highest BCUT2D eigenvalue weighted by molar-refractivity contribution is 9.10. The van der Waals surface area contributed by atoms with E-state index < -0.39 is 0 Å². The first-order valence-corrected chi connectivity index (χ1v) is 6.54. The Morgan fingerprint density at radius 3 is 2.26 bits per heavy atom. The predicted octanol–water partition coefficient (Wildman–Crippen LogP) is 4.48. The first-order chi connectivity index (χ1) is 9.24. The Morgan fingerprint density at radius 2 is 1.58 bits per heavy atom. The lowest BCUT2D eigenvalue weighted by atomic mass is 10.2. The van der Waals surface area contributed by atoms with Crippen molar-refractivity contribution < 1.29 is 9.52 Å². The number of nitrogens with zero attached hydrogens (tertiary/aromatic N) is 1. The number of hydrogen-bond donors (Lipinski definition) is 1. The van der Waals surface area contributed by atoms with Gasteiger partial charge in [-0.15, -0.1) is 0 Å². The van der Waals surface area contributed by atoms with Crippen LogP contribution >= 0.6 is 15.9 Å². The Morgan fingerprint density at radius 1 is 0.895 bits per heavy atom. The minimum atomic E-state index is 0.225. The fourth-order valence-corrected chi connectivity index (χ4v) is 2.27. The summed E-state index contributed by atoms with van der Waals surface area (Å²) in [6.45, 7) is 0. The summed E-state index contributed by atoms with van der Waals surface area (Å²) in [5, 5.41) is 9.30. The zero-order valence-electron chi connectivity index (χ0n) is 9.88. The van der Waals surface area contributed by atoms with Crippen LogP contribution in [-0.2, 0) is 0 Å². The van der Waals surface area contributed by atoms with Crippen LogP contribution in [0.15, 0.2) is 63.6 Å². The minimum Gasteiger partial charge on any atom is -0.508 e. The number of phenolic OH excluding ortho intramolecular Hbond substituents is 1. The molecule has 1 heterocycles. The van der Waals surface area contributed by atoms with Gasteiger partial charge >= 0.3 is 0 Å². The van der Waals surface area contributed by atoms with Gasteiger partial charge in [0.15, 0.2) is 10.4 Å². The third kappa shape index (κ3) is 2.39. The van der Waals surface area contributed by atoms with E-state index in [4.69, 9.17) is 4.42 Å². The van der Waals surface area contributed by atoms with Crippen LogP contribution in [0.25, 0.3) is 22.8 Å². The molecule has 0 fully saturated rings. The van der Waals surface area contributed by atoms with E-state index in [9.17, 15) is 5.11 Å². The maximum Gasteiger partial charge on any atom is 0.227 e. The van der Waals surface area contributed by atoms with Crippen LogP contribution in [0.4, 0.5) is 0 Å². The van der Waals surface area contributed by atoms with E-state index in [0.717, 1.165) is 11.1 Å². The summed E-state index contributed by atoms with van der Waals surface area (Å²) >= 11 is 3.40. The molecule has 3 aromatic rings. The molecule has 0 saturated carbocycles. The second-order valence-corrected chi connectivity index (χ2v) is 4.80. The zero-order valence-corrected chi connectivity index (χ0v) is 11.5. The molecule has 0 unspecified atom stereocenters. The molecule has 0 saturated heterocycles. The molecule has 0 aliphatic rings. The molecule has 0 spiro atoms. The molecule has 0 radical (unpaired) electrons. The van der Waals surface area contributed by atoms with Gasteiger partial charge in [0.25, 0.3) is 0 Å². The van der Waals surface area contributed by atoms with Crippen molar-refractivity contribution in [3.63, 3.8) is 0 Å². The molecular formula is C15H10BrNO2. The molecule has 3 rings (SSSR count). The number of aromatic nitrogens is 1. The number of rotatable bonds is 2. The van der Waals surface area contributed by atoms with E-state index in [1.807, 2.05) is 30.3 Å². The standard InChI is InChI=1S/C15H10BrNO2/c16-14-13(10-6-8-12(18)9-7-10)19-15(17-14)11-4-2-1-3-5-11/h1-9,18H. The van der Waals surface area contributed by atoms with Gasteiger partial charge in [-0.2, -0.15) is 0 Å². The van der Waals surface area contributed by atoms with Crippen molar-refractivity contribution in [1.82, 2.24) is 4.98 Å². The van der Waals surface area contributed by atoms with E-state index in [0.29, 0.717) is 16.3 Å². The SMILES string of the molecule is Oc1ccc(-c2oc(-c3ccccc3)nc2Br)cc1. The number of benzene rings is 2. The molecule has 0 aliphatic carbocycles. The number of phenols is 1. The van der Waals surface area contributed by atoms with E-state index >= 15 is 0 Å². The highest BCUT2D eigenvalue weighted by Gasteiger charge is 2.14. The molecule has 1 N–H and O–H groups in total. The van der Waals surface area contributed by atoms with Gasteiger partial charge in [0.2, 0.25) is 5.89 Å². The number of halogens is 1. The van der Waals surface area contributed by atoms with Gasteiger partial charge in [0.05, 0.1) is 0 Å². The number of oxazole rings is 1. The summed E-state index contributed by atoms with van der Waals surface area (Å²) in [7, 11) is 0. The fourth-order valence-electron chi connectivity index (χ4n) is 1.80. The molecular weight excluding hydrogens is 306 g/mol. The highest BCUT2D eigenvalue weighted by atomic mass is 79.9. The first-order valence-electron chi connectivity index (χ1n) is 5.75. The average molecular weight is 316 g/mol. The number of hydrogen-bond acceptors (Lipinski definition) is 3. The molecule has 0 bridgehead atoms. The van der Waals surface area contributed by atoms with Crippen LogP contribution < -0.4 is 0 Å². The second kappa shape index (κ2) is 4.90. The Bertz CT molecular complexity index is 690. The van der Waals surface area contributed by atoms with Gasteiger partial charge in [-0.25, -0.2) is 4.98 Å². The van der Waals surface area contributed by atoms with Gasteiger partial charge in [0.1, 0.15) is 5.75 Å². The summed E-state index contributed by atoms with van der Waals surface area (Å²) in [6.07, 6.45) is 0. The summed E-state index contributed by atoms with van der Waals surface area (Å²) in [5.41, 5.74) is 1.78. The van der Waals surface area contributed by atoms with Crippen LogP contribution in [0, 0.1) is 0 Å². The van der Waals surface area contributed by atoms with Crippen molar-refractivity contribution in [2.45, 2.75) is 0 Å². The van der Waals surface area contributed by atoms with Crippen LogP contribution in [0.2, 0.25) is 0 Å². The molecule has 1 aromatic heterocycles. The minimum absolute atomic E-state index is 0.225. The summed E-state index contributed by atoms with van der Waals surface area (Å²) in [5.74, 6) is 1.44. The molecule has 0 atom stereocenters. The van der Waals surface area contributed by atoms with Crippen molar-refractivity contribution in [2.75, 3.05) is 0 Å². The summed E-state index contributed by atoms with van der Waals surface area (Å²) in [6, 6.07) is 16.5. The average Bonchev–Trinajstić information content (AvgIpc) is 2.83. The van der Waals surface area contributed by atoms with Crippen LogP contribution in [0.3, 0.4) is 0 Å². The largest absolute Gasteiger partial charge is 0.508 e. The Labute approximate surface area is 118 Å². The maximum atomic E-state index is 9.30. The predicted molar refractivity (Wildman–Crippen MR) is 76.7 cm³/mol. The Balaban J connectivity index is 2.05. The van der Waals surface area contributed by atoms with Crippen molar-refractivity contribution in [2.24, 2.45) is 0 Å². The second-order valence-electron chi connectivity index (χ2n) is 4.05. The quantitative estimate of drug-likeness (QED) is 0.758. The maximum absolute atomic E-state index is 9.30. The molecule has 0 amide bonds. The lowest BCUT2D eigenvalue weighted by Gasteiger charge is -1.97. The van der Waals surface area contributed by atoms with E-state index in [2.05, 4.69) is 20.9 Å². The third-order valence-corrected chi connectivity index (χ3v) is 3.27. The van der Waals surface area contributed by atoms with Gasteiger partial charge in [-0.1, -0.05) is 18.2 Å². The van der Waals surface area contributed by atoms with E-state index in [1.54, 1.807) is 24.3 Å². The van der Waals surface area contributed by atoms with Crippen molar-refractivity contribution in [3.8, 4) is 28.5 Å². The lowest BCUT2D eigenvalue weighted by molar-refractivity contribution is 0.475. The van der Waals surface area contributed by atoms with Gasteiger partial charge < -0.3 is 9.52 Å². The summed E-state index contributed by atoms with van der Waals surface area (Å²) < 4.78 is 6.44. The van der Waals surface area contributed by atoms with Crippen molar-refractivity contribution >= 4 is 15.9 Å². The summed E-state index contributed by atoms with van der Waals surface area (Å²) in [4.78, 5) is 4.37. The fraction of sp³-hybridized carbons (Fsp3) is 0. The van der Waals surface area contributed by atoms with Crippen molar-refractivity contribution in [1.29, 1.82) is 0 Å². The van der Waals surface area contributed by atoms with Crippen LogP contribution in [0.5, 0.6) is 5.75 Å². The van der Waals surface area contributed by atoms with Crippen molar-refractivity contribution in [3.05, 3.63) is 59.2 Å². The highest BCUT2D eigenvalue weighted by Crippen LogP contribution is 2.33. The molecule has 94 valence electrons. The third-order valence-electron chi connectivity index (χ3n) is 2.74. The normalized spacial score (nSPS) is 10.6. The van der Waals surface area contributed by atoms with Crippen LogP contribution in [0.1, 0.15) is 0 Å². The van der Waals surface area contributed by atoms with Gasteiger partial charge in [-0.05, 0) is 52.3 Å². The molecule has 3 nitrogen and oxygen atoms in total. The molecule has 0 aliphatic heterocycles. The van der Waals surface area contributed by atoms with E-state index in [-0.39, 0.29) is 5.75 Å². The monoisotopic (exact) mass is 315 g/mol. The smallest absolute Gasteiger partial charge is 0.227 e.